The number of carbonyl (C=O) groups excluding carboxylic acids is 1. The number of anilines is 1. The molecule has 0 fully saturated rings. The second kappa shape index (κ2) is 8.70. The van der Waals surface area contributed by atoms with Gasteiger partial charge in [-0.2, -0.15) is 10.4 Å². The van der Waals surface area contributed by atoms with Crippen LogP contribution >= 0.6 is 0 Å². The predicted octanol–water partition coefficient (Wildman–Crippen LogP) is 4.43. The average Bonchev–Trinajstić information content (AvgIpc) is 3.30. The van der Waals surface area contributed by atoms with Crippen LogP contribution in [0.5, 0.6) is 5.75 Å². The van der Waals surface area contributed by atoms with Crippen LogP contribution in [0.1, 0.15) is 36.8 Å². The Hall–Kier alpha value is -3.79. The SMILES string of the molecule is COc1ccc(NC(=O)/C(C#N)=C/c2cc(C)n(-c3ccnn3C(C)C)c2C)cc1. The van der Waals surface area contributed by atoms with Crippen LogP contribution in [-0.2, 0) is 4.79 Å². The van der Waals surface area contributed by atoms with Crippen molar-refractivity contribution in [2.75, 3.05) is 12.4 Å². The molecule has 1 amide bonds. The van der Waals surface area contributed by atoms with Crippen LogP contribution in [0.4, 0.5) is 5.69 Å². The number of carbonyl (C=O) groups is 1. The minimum atomic E-state index is -0.459. The zero-order chi connectivity index (χ0) is 21.8. The van der Waals surface area contributed by atoms with Crippen LogP contribution in [0.2, 0.25) is 0 Å². The summed E-state index contributed by atoms with van der Waals surface area (Å²) in [6, 6.07) is 13.1. The third-order valence-electron chi connectivity index (χ3n) is 4.85. The fourth-order valence-electron chi connectivity index (χ4n) is 3.35. The van der Waals surface area contributed by atoms with Gasteiger partial charge in [-0.25, -0.2) is 4.68 Å². The molecule has 0 aliphatic heterocycles. The topological polar surface area (TPSA) is 84.9 Å². The second-order valence-corrected chi connectivity index (χ2v) is 7.24. The number of amides is 1. The highest BCUT2D eigenvalue weighted by molar-refractivity contribution is 6.09. The summed E-state index contributed by atoms with van der Waals surface area (Å²) in [5.41, 5.74) is 3.36. The zero-order valence-electron chi connectivity index (χ0n) is 17.8. The molecule has 7 heteroatoms. The summed E-state index contributed by atoms with van der Waals surface area (Å²) in [7, 11) is 1.58. The number of hydrogen-bond acceptors (Lipinski definition) is 4. The quantitative estimate of drug-likeness (QED) is 0.487. The minimum absolute atomic E-state index is 0.0310. The van der Waals surface area contributed by atoms with Crippen LogP contribution in [0.3, 0.4) is 0 Å². The summed E-state index contributed by atoms with van der Waals surface area (Å²) in [4.78, 5) is 12.6. The summed E-state index contributed by atoms with van der Waals surface area (Å²) in [5, 5.41) is 16.7. The molecule has 2 heterocycles. The van der Waals surface area contributed by atoms with E-state index in [0.29, 0.717) is 11.4 Å². The van der Waals surface area contributed by atoms with Gasteiger partial charge in [0.25, 0.3) is 5.91 Å². The molecule has 0 aliphatic rings. The molecular formula is C23H25N5O2. The van der Waals surface area contributed by atoms with Gasteiger partial charge < -0.3 is 14.6 Å². The van der Waals surface area contributed by atoms with Gasteiger partial charge in [0.15, 0.2) is 0 Å². The van der Waals surface area contributed by atoms with Gasteiger partial charge in [0.05, 0.1) is 13.3 Å². The Morgan fingerprint density at radius 1 is 1.23 bits per heavy atom. The van der Waals surface area contributed by atoms with E-state index >= 15 is 0 Å². The molecule has 3 rings (SSSR count). The molecular weight excluding hydrogens is 378 g/mol. The molecule has 0 radical (unpaired) electrons. The molecule has 7 nitrogen and oxygen atoms in total. The summed E-state index contributed by atoms with van der Waals surface area (Å²) in [5.74, 6) is 1.18. The van der Waals surface area contributed by atoms with Crippen LogP contribution in [0, 0.1) is 25.2 Å². The van der Waals surface area contributed by atoms with E-state index in [0.717, 1.165) is 22.8 Å². The van der Waals surface area contributed by atoms with Gasteiger partial charge in [-0.05, 0) is 69.7 Å². The summed E-state index contributed by atoms with van der Waals surface area (Å²) < 4.78 is 9.14. The molecule has 0 saturated heterocycles. The fourth-order valence-corrected chi connectivity index (χ4v) is 3.35. The lowest BCUT2D eigenvalue weighted by Crippen LogP contribution is -2.13. The van der Waals surface area contributed by atoms with E-state index < -0.39 is 5.91 Å². The Morgan fingerprint density at radius 2 is 1.93 bits per heavy atom. The Morgan fingerprint density at radius 3 is 2.53 bits per heavy atom. The highest BCUT2D eigenvalue weighted by Crippen LogP contribution is 2.24. The van der Waals surface area contributed by atoms with Crippen LogP contribution in [-0.4, -0.2) is 27.4 Å². The van der Waals surface area contributed by atoms with E-state index in [4.69, 9.17) is 4.74 Å². The molecule has 0 saturated carbocycles. The largest absolute Gasteiger partial charge is 0.497 e. The van der Waals surface area contributed by atoms with E-state index in [1.807, 2.05) is 36.7 Å². The van der Waals surface area contributed by atoms with Gasteiger partial charge in [0.1, 0.15) is 23.2 Å². The Balaban J connectivity index is 1.91. The molecule has 0 spiro atoms. The van der Waals surface area contributed by atoms with Crippen molar-refractivity contribution >= 4 is 17.7 Å². The maximum atomic E-state index is 12.6. The zero-order valence-corrected chi connectivity index (χ0v) is 17.8. The monoisotopic (exact) mass is 403 g/mol. The van der Waals surface area contributed by atoms with Crippen molar-refractivity contribution in [3.63, 3.8) is 0 Å². The number of nitriles is 1. The summed E-state index contributed by atoms with van der Waals surface area (Å²) >= 11 is 0. The van der Waals surface area contributed by atoms with E-state index in [2.05, 4.69) is 28.8 Å². The number of methoxy groups -OCH3 is 1. The maximum absolute atomic E-state index is 12.6. The van der Waals surface area contributed by atoms with Gasteiger partial charge in [-0.15, -0.1) is 0 Å². The van der Waals surface area contributed by atoms with E-state index in [-0.39, 0.29) is 11.6 Å². The number of aryl methyl sites for hydroxylation is 1. The summed E-state index contributed by atoms with van der Waals surface area (Å²) in [6.45, 7) is 8.10. The van der Waals surface area contributed by atoms with Crippen molar-refractivity contribution in [3.8, 4) is 17.6 Å². The fraction of sp³-hybridized carbons (Fsp3) is 0.261. The maximum Gasteiger partial charge on any atom is 0.266 e. The van der Waals surface area contributed by atoms with Crippen molar-refractivity contribution in [2.24, 2.45) is 0 Å². The molecule has 154 valence electrons. The molecule has 2 aromatic heterocycles. The standard InChI is InChI=1S/C23H25N5O2/c1-15(2)28-22(10-11-25-28)27-16(3)12-18(17(27)4)13-19(14-24)23(29)26-20-6-8-21(30-5)9-7-20/h6-13,15H,1-5H3,(H,26,29)/b19-13+. The van der Waals surface area contributed by atoms with Crippen LogP contribution < -0.4 is 10.1 Å². The lowest BCUT2D eigenvalue weighted by atomic mass is 10.1. The lowest BCUT2D eigenvalue weighted by Gasteiger charge is -2.15. The van der Waals surface area contributed by atoms with Gasteiger partial charge in [-0.1, -0.05) is 0 Å². The first-order chi connectivity index (χ1) is 14.3. The number of rotatable bonds is 6. The van der Waals surface area contributed by atoms with Crippen molar-refractivity contribution < 1.29 is 9.53 Å². The molecule has 0 unspecified atom stereocenters. The number of ether oxygens (including phenoxy) is 1. The highest BCUT2D eigenvalue weighted by Gasteiger charge is 2.16. The summed E-state index contributed by atoms with van der Waals surface area (Å²) in [6.07, 6.45) is 3.39. The van der Waals surface area contributed by atoms with Crippen molar-refractivity contribution in [2.45, 2.75) is 33.7 Å². The number of nitrogens with zero attached hydrogens (tertiary/aromatic N) is 4. The van der Waals surface area contributed by atoms with Crippen LogP contribution in [0.15, 0.2) is 48.2 Å². The smallest absolute Gasteiger partial charge is 0.266 e. The molecule has 30 heavy (non-hydrogen) atoms. The van der Waals surface area contributed by atoms with Crippen molar-refractivity contribution in [1.29, 1.82) is 5.26 Å². The first-order valence-corrected chi connectivity index (χ1v) is 9.65. The Bertz CT molecular complexity index is 1130. The van der Waals surface area contributed by atoms with Gasteiger partial charge >= 0.3 is 0 Å². The molecule has 3 aromatic rings. The first-order valence-electron chi connectivity index (χ1n) is 9.65. The number of nitrogens with one attached hydrogen (secondary N) is 1. The number of benzene rings is 1. The van der Waals surface area contributed by atoms with Gasteiger partial charge in [0.2, 0.25) is 0 Å². The molecule has 0 aliphatic carbocycles. The molecule has 1 N–H and O–H groups in total. The van der Waals surface area contributed by atoms with Crippen molar-refractivity contribution in [3.05, 3.63) is 65.1 Å². The highest BCUT2D eigenvalue weighted by atomic mass is 16.5. The third-order valence-corrected chi connectivity index (χ3v) is 4.85. The number of hydrogen-bond donors (Lipinski definition) is 1. The Labute approximate surface area is 176 Å². The molecule has 1 aromatic carbocycles. The van der Waals surface area contributed by atoms with Gasteiger partial charge in [-0.3, -0.25) is 4.79 Å². The molecule has 0 bridgehead atoms. The lowest BCUT2D eigenvalue weighted by molar-refractivity contribution is -0.112. The average molecular weight is 403 g/mol. The normalized spacial score (nSPS) is 11.4. The van der Waals surface area contributed by atoms with Crippen LogP contribution in [0.25, 0.3) is 11.9 Å². The predicted molar refractivity (Wildman–Crippen MR) is 117 cm³/mol. The first kappa shape index (κ1) is 20.9. The second-order valence-electron chi connectivity index (χ2n) is 7.24. The van der Waals surface area contributed by atoms with E-state index in [1.165, 1.54) is 0 Å². The van der Waals surface area contributed by atoms with Crippen molar-refractivity contribution in [1.82, 2.24) is 14.3 Å². The number of aromatic nitrogens is 3. The van der Waals surface area contributed by atoms with Gasteiger partial charge in [0, 0.05) is 29.2 Å². The van der Waals surface area contributed by atoms with E-state index in [9.17, 15) is 10.1 Å². The molecule has 0 atom stereocenters. The van der Waals surface area contributed by atoms with E-state index in [1.54, 1.807) is 43.6 Å². The Kier molecular flexibility index (Phi) is 6.07. The minimum Gasteiger partial charge on any atom is -0.497 e. The third kappa shape index (κ3) is 4.13.